The molecule has 0 bridgehead atoms. The molecule has 4 nitrogen and oxygen atoms in total. The summed E-state index contributed by atoms with van der Waals surface area (Å²) >= 11 is 0. The maximum atomic E-state index is 13.4. The van der Waals surface area contributed by atoms with Crippen molar-refractivity contribution >= 4 is 5.69 Å². The van der Waals surface area contributed by atoms with Gasteiger partial charge in [0.2, 0.25) is 0 Å². The van der Waals surface area contributed by atoms with Crippen LogP contribution in [0.3, 0.4) is 0 Å². The van der Waals surface area contributed by atoms with E-state index in [0.717, 1.165) is 33.6 Å². The minimum absolute atomic E-state index is 0.0782. The molecule has 4 heteroatoms. The third-order valence-electron chi connectivity index (χ3n) is 4.75. The third kappa shape index (κ3) is 3.06. The van der Waals surface area contributed by atoms with Gasteiger partial charge in [0.25, 0.3) is 5.56 Å². The van der Waals surface area contributed by atoms with E-state index in [1.165, 1.54) is 0 Å². The van der Waals surface area contributed by atoms with Crippen LogP contribution in [0.25, 0.3) is 28.1 Å². The fourth-order valence-electron chi connectivity index (χ4n) is 3.39. The number of nitrogens with two attached hydrogens (primary N) is 1. The monoisotopic (exact) mass is 355 g/mol. The van der Waals surface area contributed by atoms with Gasteiger partial charge in [-0.05, 0) is 43.2 Å². The lowest BCUT2D eigenvalue weighted by molar-refractivity contribution is 0.845. The van der Waals surface area contributed by atoms with Crippen molar-refractivity contribution in [2.75, 3.05) is 5.73 Å². The predicted octanol–water partition coefficient (Wildman–Crippen LogP) is 4.70. The van der Waals surface area contributed by atoms with Gasteiger partial charge in [-0.25, -0.2) is 4.68 Å². The molecule has 27 heavy (non-hydrogen) atoms. The highest BCUT2D eigenvalue weighted by molar-refractivity contribution is 5.81. The summed E-state index contributed by atoms with van der Waals surface area (Å²) < 4.78 is 1.63. The topological polar surface area (TPSA) is 63.8 Å². The van der Waals surface area contributed by atoms with Gasteiger partial charge in [0.05, 0.1) is 16.9 Å². The number of nitrogens with one attached hydrogen (secondary N) is 1. The van der Waals surface area contributed by atoms with Gasteiger partial charge >= 0.3 is 0 Å². The van der Waals surface area contributed by atoms with Crippen LogP contribution in [-0.4, -0.2) is 9.78 Å². The maximum absolute atomic E-state index is 13.4. The number of H-pyrrole nitrogens is 1. The molecule has 134 valence electrons. The summed E-state index contributed by atoms with van der Waals surface area (Å²) in [6, 6.07) is 23.4. The van der Waals surface area contributed by atoms with Crippen LogP contribution in [0.4, 0.5) is 5.69 Å². The molecule has 0 unspecified atom stereocenters. The van der Waals surface area contributed by atoms with Gasteiger partial charge < -0.3 is 5.73 Å². The smallest absolute Gasteiger partial charge is 0.279 e. The zero-order valence-corrected chi connectivity index (χ0v) is 15.4. The highest BCUT2D eigenvalue weighted by atomic mass is 16.1. The molecule has 0 aliphatic rings. The Labute approximate surface area is 157 Å². The van der Waals surface area contributed by atoms with Crippen molar-refractivity contribution in [2.24, 2.45) is 0 Å². The predicted molar refractivity (Wildman–Crippen MR) is 111 cm³/mol. The number of aryl methyl sites for hydroxylation is 2. The van der Waals surface area contributed by atoms with Gasteiger partial charge in [-0.1, -0.05) is 60.2 Å². The average molecular weight is 355 g/mol. The van der Waals surface area contributed by atoms with E-state index in [-0.39, 0.29) is 5.56 Å². The van der Waals surface area contributed by atoms with E-state index < -0.39 is 0 Å². The molecule has 0 aliphatic heterocycles. The van der Waals surface area contributed by atoms with Crippen molar-refractivity contribution in [3.05, 3.63) is 94.3 Å². The van der Waals surface area contributed by atoms with E-state index in [9.17, 15) is 4.79 Å². The Bertz CT molecular complexity index is 1150. The number of hydrogen-bond donors (Lipinski definition) is 2. The molecule has 0 radical (unpaired) electrons. The van der Waals surface area contributed by atoms with Crippen LogP contribution in [-0.2, 0) is 0 Å². The fourth-order valence-corrected chi connectivity index (χ4v) is 3.39. The Morgan fingerprint density at radius 2 is 1.56 bits per heavy atom. The number of rotatable bonds is 3. The molecule has 1 heterocycles. The molecule has 0 saturated heterocycles. The van der Waals surface area contributed by atoms with Crippen molar-refractivity contribution in [1.82, 2.24) is 9.78 Å². The summed E-state index contributed by atoms with van der Waals surface area (Å²) in [6.45, 7) is 4.06. The molecular formula is C23H21N3O. The molecule has 0 atom stereocenters. The summed E-state index contributed by atoms with van der Waals surface area (Å²) in [5, 5.41) is 3.33. The van der Waals surface area contributed by atoms with E-state index in [0.29, 0.717) is 11.3 Å². The molecule has 0 spiro atoms. The van der Waals surface area contributed by atoms with Crippen LogP contribution in [0, 0.1) is 13.8 Å². The molecule has 4 aromatic rings. The van der Waals surface area contributed by atoms with Crippen LogP contribution in [0.2, 0.25) is 0 Å². The summed E-state index contributed by atoms with van der Waals surface area (Å²) in [7, 11) is 0. The Kier molecular flexibility index (Phi) is 4.16. The Balaban J connectivity index is 2.00. The number of nitrogen functional groups attached to an aromatic ring is 1. The second kappa shape index (κ2) is 6.65. The first-order valence-electron chi connectivity index (χ1n) is 8.88. The molecule has 3 aromatic carbocycles. The molecule has 0 saturated carbocycles. The third-order valence-corrected chi connectivity index (χ3v) is 4.75. The molecule has 4 rings (SSSR count). The van der Waals surface area contributed by atoms with Gasteiger partial charge in [-0.2, -0.15) is 0 Å². The number of nitrogens with zero attached hydrogens (tertiary/aromatic N) is 1. The molecule has 1 aromatic heterocycles. The Morgan fingerprint density at radius 1 is 0.852 bits per heavy atom. The maximum Gasteiger partial charge on any atom is 0.279 e. The Morgan fingerprint density at radius 3 is 2.22 bits per heavy atom. The zero-order valence-electron chi connectivity index (χ0n) is 15.4. The van der Waals surface area contributed by atoms with E-state index >= 15 is 0 Å². The number of anilines is 1. The van der Waals surface area contributed by atoms with E-state index in [4.69, 9.17) is 5.73 Å². The van der Waals surface area contributed by atoms with Gasteiger partial charge in [-0.3, -0.25) is 9.89 Å². The summed E-state index contributed by atoms with van der Waals surface area (Å²) in [6.07, 6.45) is 0. The lowest BCUT2D eigenvalue weighted by atomic mass is 10.0. The molecule has 0 amide bonds. The van der Waals surface area contributed by atoms with Crippen LogP contribution in [0.5, 0.6) is 0 Å². The second-order valence-electron chi connectivity index (χ2n) is 6.78. The normalized spacial score (nSPS) is 10.9. The van der Waals surface area contributed by atoms with Crippen LogP contribution < -0.4 is 11.3 Å². The van der Waals surface area contributed by atoms with Gasteiger partial charge in [0, 0.05) is 11.3 Å². The first-order chi connectivity index (χ1) is 13.0. The number of hydrogen-bond acceptors (Lipinski definition) is 2. The summed E-state index contributed by atoms with van der Waals surface area (Å²) in [5.41, 5.74) is 12.7. The van der Waals surface area contributed by atoms with Crippen LogP contribution in [0.15, 0.2) is 77.6 Å². The molecular weight excluding hydrogens is 334 g/mol. The SMILES string of the molecule is Cc1ccc(-n2[nH]c(-c3ccccc3)c(-c3ccc(N)cc3)c2=O)c(C)c1. The standard InChI is InChI=1S/C23H21N3O/c1-15-8-13-20(16(2)14-15)26-23(27)21(17-9-11-19(24)12-10-17)22(25-26)18-6-4-3-5-7-18/h3-14,25H,24H2,1-2H3. The van der Waals surface area contributed by atoms with Crippen molar-refractivity contribution < 1.29 is 0 Å². The van der Waals surface area contributed by atoms with Crippen molar-refractivity contribution in [3.8, 4) is 28.1 Å². The van der Waals surface area contributed by atoms with Crippen LogP contribution >= 0.6 is 0 Å². The van der Waals surface area contributed by atoms with E-state index in [2.05, 4.69) is 11.2 Å². The first-order valence-corrected chi connectivity index (χ1v) is 8.88. The van der Waals surface area contributed by atoms with E-state index in [1.807, 2.05) is 80.6 Å². The highest BCUT2D eigenvalue weighted by Crippen LogP contribution is 2.29. The lowest BCUT2D eigenvalue weighted by Gasteiger charge is -2.07. The quantitative estimate of drug-likeness (QED) is 0.523. The lowest BCUT2D eigenvalue weighted by Crippen LogP contribution is -2.16. The summed E-state index contributed by atoms with van der Waals surface area (Å²) in [4.78, 5) is 13.4. The van der Waals surface area contributed by atoms with Gasteiger partial charge in [0.1, 0.15) is 0 Å². The number of aromatic amines is 1. The second-order valence-corrected chi connectivity index (χ2v) is 6.78. The largest absolute Gasteiger partial charge is 0.399 e. The first kappa shape index (κ1) is 16.9. The minimum Gasteiger partial charge on any atom is -0.399 e. The molecule has 0 fully saturated rings. The summed E-state index contributed by atoms with van der Waals surface area (Å²) in [5.74, 6) is 0. The van der Waals surface area contributed by atoms with Gasteiger partial charge in [-0.15, -0.1) is 0 Å². The fraction of sp³-hybridized carbons (Fsp3) is 0.0870. The van der Waals surface area contributed by atoms with E-state index in [1.54, 1.807) is 4.68 Å². The van der Waals surface area contributed by atoms with Crippen LogP contribution in [0.1, 0.15) is 11.1 Å². The molecule has 3 N–H and O–H groups in total. The van der Waals surface area contributed by atoms with Gasteiger partial charge in [0.15, 0.2) is 0 Å². The zero-order chi connectivity index (χ0) is 19.0. The van der Waals surface area contributed by atoms with Crippen molar-refractivity contribution in [2.45, 2.75) is 13.8 Å². The van der Waals surface area contributed by atoms with Crippen molar-refractivity contribution in [3.63, 3.8) is 0 Å². The number of benzene rings is 3. The highest BCUT2D eigenvalue weighted by Gasteiger charge is 2.19. The minimum atomic E-state index is -0.0782. The number of aromatic nitrogens is 2. The average Bonchev–Trinajstić information content (AvgIpc) is 3.00. The molecule has 0 aliphatic carbocycles. The Hall–Kier alpha value is -3.53. The van der Waals surface area contributed by atoms with Crippen molar-refractivity contribution in [1.29, 1.82) is 0 Å².